The molecule has 0 spiro atoms. The fraction of sp³-hybridized carbons (Fsp3) is 0.500. The van der Waals surface area contributed by atoms with Crippen molar-refractivity contribution in [2.75, 3.05) is 6.54 Å². The maximum absolute atomic E-state index is 6.29. The lowest BCUT2D eigenvalue weighted by atomic mass is 9.75. The van der Waals surface area contributed by atoms with Crippen molar-refractivity contribution < 1.29 is 0 Å². The second kappa shape index (κ2) is 8.59. The van der Waals surface area contributed by atoms with Gasteiger partial charge in [-0.15, -0.1) is 0 Å². The zero-order valence-electron chi connectivity index (χ0n) is 16.5. The molecule has 0 radical (unpaired) electrons. The minimum atomic E-state index is 0.839. The lowest BCUT2D eigenvalue weighted by Crippen LogP contribution is -2.21. The molecule has 1 nitrogen and oxygen atoms in total. The molecule has 0 N–H and O–H groups in total. The fourth-order valence-corrected chi connectivity index (χ4v) is 6.03. The molecule has 2 aromatic carbocycles. The molecule has 2 aliphatic carbocycles. The van der Waals surface area contributed by atoms with Crippen LogP contribution in [0.15, 0.2) is 36.4 Å². The average Bonchev–Trinajstić information content (AvgIpc) is 3.17. The molecule has 0 bridgehead atoms. The summed E-state index contributed by atoms with van der Waals surface area (Å²) in [5.74, 6) is 2.77. The van der Waals surface area contributed by atoms with Crippen LogP contribution >= 0.6 is 23.5 Å². The van der Waals surface area contributed by atoms with Crippen molar-refractivity contribution in [1.29, 1.82) is 0 Å². The molecule has 2 atom stereocenters. The van der Waals surface area contributed by atoms with Gasteiger partial charge >= 0.3 is 0 Å². The van der Waals surface area contributed by atoms with Gasteiger partial charge in [0.1, 0.15) is 0 Å². The van der Waals surface area contributed by atoms with Crippen LogP contribution < -0.4 is 0 Å². The normalized spacial score (nSPS) is 21.3. The topological polar surface area (TPSA) is 3.24 Å². The quantitative estimate of drug-likeness (QED) is 0.474. The minimum Gasteiger partial charge on any atom is -0.246 e. The largest absolute Gasteiger partial charge is 0.246 e. The minimum absolute atomic E-state index is 0.839. The maximum Gasteiger partial charge on any atom is 0.0438 e. The van der Waals surface area contributed by atoms with Gasteiger partial charge in [0.15, 0.2) is 0 Å². The highest BCUT2D eigenvalue weighted by molar-refractivity contribution is 7.96. The van der Waals surface area contributed by atoms with Crippen molar-refractivity contribution in [2.45, 2.75) is 64.2 Å². The molecule has 144 valence electrons. The predicted molar refractivity (Wildman–Crippen MR) is 118 cm³/mol. The van der Waals surface area contributed by atoms with E-state index in [0.29, 0.717) is 0 Å². The molecular formula is C24H30ClNS. The van der Waals surface area contributed by atoms with E-state index in [0.717, 1.165) is 41.3 Å². The van der Waals surface area contributed by atoms with E-state index in [1.165, 1.54) is 37.7 Å². The summed E-state index contributed by atoms with van der Waals surface area (Å²) in [5.41, 5.74) is 7.34. The lowest BCUT2D eigenvalue weighted by molar-refractivity contribution is 0.417. The Balaban J connectivity index is 1.46. The van der Waals surface area contributed by atoms with Crippen LogP contribution in [-0.4, -0.2) is 10.8 Å². The standard InChI is InChI=1S/C24H30ClNS/c1-3-26(27-16-18-11-10-17(2)24(25)14-18)15-20-7-5-9-23-21-8-4-6-19(21)12-13-22(20)23/h5,7,9-11,14,19,21H,3-4,6,8,12-13,15-16H2,1-2H3. The third kappa shape index (κ3) is 4.23. The fourth-order valence-electron chi connectivity index (χ4n) is 4.91. The first-order valence-corrected chi connectivity index (χ1v) is 11.7. The molecule has 1 fully saturated rings. The van der Waals surface area contributed by atoms with E-state index >= 15 is 0 Å². The van der Waals surface area contributed by atoms with Gasteiger partial charge in [-0.1, -0.05) is 67.2 Å². The van der Waals surface area contributed by atoms with Gasteiger partial charge in [-0.2, -0.15) is 0 Å². The molecule has 0 aromatic heterocycles. The summed E-state index contributed by atoms with van der Waals surface area (Å²) in [6.45, 7) is 6.42. The van der Waals surface area contributed by atoms with Crippen LogP contribution in [0.5, 0.6) is 0 Å². The molecule has 1 saturated carbocycles. The van der Waals surface area contributed by atoms with Crippen molar-refractivity contribution in [3.8, 4) is 0 Å². The van der Waals surface area contributed by atoms with E-state index in [2.05, 4.69) is 54.6 Å². The molecule has 27 heavy (non-hydrogen) atoms. The molecule has 4 rings (SSSR count). The average molecular weight is 400 g/mol. The first-order chi connectivity index (χ1) is 13.2. The monoisotopic (exact) mass is 399 g/mol. The number of hydrogen-bond acceptors (Lipinski definition) is 2. The van der Waals surface area contributed by atoms with Crippen LogP contribution in [-0.2, 0) is 18.7 Å². The van der Waals surface area contributed by atoms with E-state index in [1.54, 1.807) is 16.7 Å². The highest BCUT2D eigenvalue weighted by Crippen LogP contribution is 2.47. The Morgan fingerprint density at radius 1 is 1.15 bits per heavy atom. The van der Waals surface area contributed by atoms with E-state index in [1.807, 2.05) is 11.9 Å². The van der Waals surface area contributed by atoms with Gasteiger partial charge in [0, 0.05) is 23.9 Å². The van der Waals surface area contributed by atoms with E-state index < -0.39 is 0 Å². The number of nitrogens with zero attached hydrogens (tertiary/aromatic N) is 1. The first-order valence-electron chi connectivity index (χ1n) is 10.4. The predicted octanol–water partition coefficient (Wildman–Crippen LogP) is 7.15. The molecule has 0 heterocycles. The van der Waals surface area contributed by atoms with Crippen molar-refractivity contribution >= 4 is 23.5 Å². The number of aryl methyl sites for hydroxylation is 1. The van der Waals surface area contributed by atoms with Crippen molar-refractivity contribution in [2.24, 2.45) is 5.92 Å². The summed E-state index contributed by atoms with van der Waals surface area (Å²) in [7, 11) is 0. The number of rotatable bonds is 6. The molecule has 2 unspecified atom stereocenters. The number of fused-ring (bicyclic) bond motifs is 3. The molecular weight excluding hydrogens is 370 g/mol. The van der Waals surface area contributed by atoms with Crippen molar-refractivity contribution in [3.05, 3.63) is 69.2 Å². The summed E-state index contributed by atoms with van der Waals surface area (Å²) >= 11 is 8.22. The lowest BCUT2D eigenvalue weighted by Gasteiger charge is -2.31. The summed E-state index contributed by atoms with van der Waals surface area (Å²) in [6, 6.07) is 13.5. The Morgan fingerprint density at radius 2 is 2.04 bits per heavy atom. The summed E-state index contributed by atoms with van der Waals surface area (Å²) in [4.78, 5) is 0. The van der Waals surface area contributed by atoms with Gasteiger partial charge in [-0.25, -0.2) is 4.31 Å². The molecule has 2 aromatic rings. The summed E-state index contributed by atoms with van der Waals surface area (Å²) < 4.78 is 2.50. The first kappa shape index (κ1) is 19.4. The summed E-state index contributed by atoms with van der Waals surface area (Å²) in [5, 5.41) is 0.874. The zero-order valence-corrected chi connectivity index (χ0v) is 18.1. The van der Waals surface area contributed by atoms with Gasteiger partial charge in [-0.3, -0.25) is 0 Å². The highest BCUT2D eigenvalue weighted by atomic mass is 35.5. The van der Waals surface area contributed by atoms with E-state index in [4.69, 9.17) is 11.6 Å². The second-order valence-electron chi connectivity index (χ2n) is 8.13. The third-order valence-electron chi connectivity index (χ3n) is 6.48. The van der Waals surface area contributed by atoms with Gasteiger partial charge in [0.05, 0.1) is 0 Å². The molecule has 2 aliphatic rings. The smallest absolute Gasteiger partial charge is 0.0438 e. The Bertz CT molecular complexity index is 803. The van der Waals surface area contributed by atoms with Crippen molar-refractivity contribution in [1.82, 2.24) is 4.31 Å². The van der Waals surface area contributed by atoms with Crippen LogP contribution in [0.1, 0.15) is 66.3 Å². The second-order valence-corrected chi connectivity index (χ2v) is 9.60. The Kier molecular flexibility index (Phi) is 6.16. The number of hydrogen-bond donors (Lipinski definition) is 0. The Hall–Kier alpha value is -0.960. The number of halogens is 1. The zero-order chi connectivity index (χ0) is 18.8. The molecule has 0 amide bonds. The van der Waals surface area contributed by atoms with Crippen molar-refractivity contribution in [3.63, 3.8) is 0 Å². The Labute approximate surface area is 173 Å². The highest BCUT2D eigenvalue weighted by Gasteiger charge is 2.34. The van der Waals surface area contributed by atoms with Crippen LogP contribution in [0, 0.1) is 12.8 Å². The van der Waals surface area contributed by atoms with Crippen LogP contribution in [0.3, 0.4) is 0 Å². The van der Waals surface area contributed by atoms with Crippen LogP contribution in [0.4, 0.5) is 0 Å². The molecule has 3 heteroatoms. The van der Waals surface area contributed by atoms with Gasteiger partial charge in [0.25, 0.3) is 0 Å². The summed E-state index contributed by atoms with van der Waals surface area (Å²) in [6.07, 6.45) is 6.96. The van der Waals surface area contributed by atoms with E-state index in [-0.39, 0.29) is 0 Å². The SMILES string of the molecule is CCN(Cc1cccc2c1CCC1CCCC21)SCc1ccc(C)c(Cl)c1. The van der Waals surface area contributed by atoms with Crippen LogP contribution in [0.25, 0.3) is 0 Å². The third-order valence-corrected chi connectivity index (χ3v) is 8.10. The Morgan fingerprint density at radius 3 is 2.85 bits per heavy atom. The van der Waals surface area contributed by atoms with Gasteiger partial charge in [-0.05, 0) is 78.3 Å². The molecule has 0 saturated heterocycles. The number of benzene rings is 2. The molecule has 0 aliphatic heterocycles. The van der Waals surface area contributed by atoms with E-state index in [9.17, 15) is 0 Å². The van der Waals surface area contributed by atoms with Gasteiger partial charge < -0.3 is 0 Å². The van der Waals surface area contributed by atoms with Crippen LogP contribution in [0.2, 0.25) is 5.02 Å². The van der Waals surface area contributed by atoms with Gasteiger partial charge in [0.2, 0.25) is 0 Å². The maximum atomic E-state index is 6.29.